The smallest absolute Gasteiger partial charge is 0.208 e. The Morgan fingerprint density at radius 3 is 1.75 bits per heavy atom. The van der Waals surface area contributed by atoms with Crippen LogP contribution >= 0.6 is 0 Å². The second-order valence-corrected chi connectivity index (χ2v) is 14.5. The summed E-state index contributed by atoms with van der Waals surface area (Å²) in [6, 6.07) is 21.4. The molecule has 310 valence electrons. The molecule has 15 nitrogen and oxygen atoms in total. The molecule has 2 aliphatic rings. The largest absolute Gasteiger partial charge is 0.493 e. The number of imidazole rings is 2. The average molecular weight is 841 g/mol. The van der Waals surface area contributed by atoms with Crippen molar-refractivity contribution in [1.82, 2.24) is 33.7 Å². The number of hydrogen-bond donors (Lipinski definition) is 3. The molecule has 0 aliphatic carbocycles. The molecular formula is C46H34F2N12O3. The Balaban J connectivity index is 0.000000160. The fourth-order valence-electron chi connectivity index (χ4n) is 7.91. The Morgan fingerprint density at radius 2 is 1.22 bits per heavy atom. The van der Waals surface area contributed by atoms with E-state index in [1.807, 2.05) is 25.1 Å². The topological polar surface area (TPSA) is 207 Å². The summed E-state index contributed by atoms with van der Waals surface area (Å²) in [6.07, 6.45) is 9.33. The first-order chi connectivity index (χ1) is 30.8. The maximum absolute atomic E-state index is 14.5. The normalized spacial score (nSPS) is 12.3. The zero-order valence-corrected chi connectivity index (χ0v) is 33.5. The molecule has 7 heterocycles. The monoisotopic (exact) mass is 840 g/mol. The zero-order chi connectivity index (χ0) is 43.6. The van der Waals surface area contributed by atoms with Crippen LogP contribution in [0.1, 0.15) is 50.5 Å². The zero-order valence-electron chi connectivity index (χ0n) is 33.5. The van der Waals surface area contributed by atoms with E-state index in [-0.39, 0.29) is 42.7 Å². The van der Waals surface area contributed by atoms with Gasteiger partial charge in [0, 0.05) is 83.5 Å². The molecule has 0 fully saturated rings. The van der Waals surface area contributed by atoms with E-state index >= 15 is 0 Å². The number of aromatic nitrogens is 7. The Morgan fingerprint density at radius 1 is 0.683 bits per heavy atom. The van der Waals surface area contributed by atoms with E-state index in [1.165, 1.54) is 12.1 Å². The van der Waals surface area contributed by atoms with Gasteiger partial charge in [0.05, 0.1) is 49.5 Å². The molecule has 5 aromatic heterocycles. The van der Waals surface area contributed by atoms with Gasteiger partial charge in [-0.1, -0.05) is 18.2 Å². The quantitative estimate of drug-likeness (QED) is 0.134. The summed E-state index contributed by atoms with van der Waals surface area (Å²) in [5, 5.41) is 44.1. The van der Waals surface area contributed by atoms with Crippen molar-refractivity contribution in [3.63, 3.8) is 0 Å². The lowest BCUT2D eigenvalue weighted by Gasteiger charge is -2.14. The standard InChI is InChI=1S/C24H17FN6O.C22H17FN6O2/c1-14-15(9-26)3-2-4-17(14)20-12-29-24(31-13-16(10-27)30-23(20)31)28-11-19-18-7-8-32-22(18)6-5-21(19)25;23-18-3-4-20-15(5-7-31-20)16(18)9-26-22-27-10-17(14-2-1-6-25-19(14)12-30)21-28-13(8-24)11-29(21)22/h2-6,12-13H,7-8,11H2,1H3,(H,28,29);1-4,6,10-11,30H,5,7,9,12H2,(H,26,27). The molecule has 0 spiro atoms. The second-order valence-electron chi connectivity index (χ2n) is 14.5. The number of hydrogen-bond acceptors (Lipinski definition) is 13. The molecule has 3 aromatic carbocycles. The number of nitriles is 3. The summed E-state index contributed by atoms with van der Waals surface area (Å²) in [5.74, 6) is 1.65. The number of aliphatic hydroxyl groups is 1. The number of fused-ring (bicyclic) bond motifs is 4. The van der Waals surface area contributed by atoms with Crippen molar-refractivity contribution in [3.05, 3.63) is 148 Å². The van der Waals surface area contributed by atoms with Crippen LogP contribution < -0.4 is 20.1 Å². The third kappa shape index (κ3) is 7.41. The Kier molecular flexibility index (Phi) is 10.7. The molecule has 10 rings (SSSR count). The van der Waals surface area contributed by atoms with Crippen molar-refractivity contribution in [2.45, 2.75) is 39.5 Å². The molecule has 0 saturated heterocycles. The van der Waals surface area contributed by atoms with E-state index < -0.39 is 0 Å². The van der Waals surface area contributed by atoms with E-state index in [1.54, 1.807) is 70.1 Å². The van der Waals surface area contributed by atoms with E-state index in [0.717, 1.165) is 22.3 Å². The first-order valence-electron chi connectivity index (χ1n) is 19.8. The van der Waals surface area contributed by atoms with Crippen LogP contribution in [0.3, 0.4) is 0 Å². The minimum absolute atomic E-state index is 0.203. The van der Waals surface area contributed by atoms with Gasteiger partial charge in [-0.2, -0.15) is 15.8 Å². The molecule has 0 bridgehead atoms. The van der Waals surface area contributed by atoms with Gasteiger partial charge in [0.15, 0.2) is 22.7 Å². The first kappa shape index (κ1) is 40.0. The summed E-state index contributed by atoms with van der Waals surface area (Å²) in [4.78, 5) is 22.0. The van der Waals surface area contributed by atoms with Crippen LogP contribution in [-0.2, 0) is 32.5 Å². The van der Waals surface area contributed by atoms with Crippen LogP contribution in [0.2, 0.25) is 0 Å². The van der Waals surface area contributed by atoms with Crippen LogP contribution in [0.25, 0.3) is 33.5 Å². The highest BCUT2D eigenvalue weighted by Crippen LogP contribution is 2.34. The summed E-state index contributed by atoms with van der Waals surface area (Å²) in [7, 11) is 0. The predicted octanol–water partition coefficient (Wildman–Crippen LogP) is 6.98. The molecule has 17 heteroatoms. The maximum Gasteiger partial charge on any atom is 0.208 e. The predicted molar refractivity (Wildman–Crippen MR) is 225 cm³/mol. The summed E-state index contributed by atoms with van der Waals surface area (Å²) >= 11 is 0. The third-order valence-electron chi connectivity index (χ3n) is 11.0. The minimum atomic E-state index is -0.309. The van der Waals surface area contributed by atoms with Crippen molar-refractivity contribution in [1.29, 1.82) is 15.8 Å². The van der Waals surface area contributed by atoms with E-state index in [0.29, 0.717) is 99.8 Å². The first-order valence-corrected chi connectivity index (χ1v) is 19.8. The highest BCUT2D eigenvalue weighted by molar-refractivity contribution is 5.82. The highest BCUT2D eigenvalue weighted by atomic mass is 19.1. The SMILES string of the molecule is Cc1c(C#N)cccc1-c1cnc(NCc2c(F)ccc3c2CCO3)n2cc(C#N)nc12.N#Cc1cn2c(NCc3c(F)ccc4c3CCO4)ncc(-c3cccnc3CO)c2n1. The van der Waals surface area contributed by atoms with Crippen LogP contribution in [0.15, 0.2) is 85.6 Å². The number of rotatable bonds is 9. The molecule has 63 heavy (non-hydrogen) atoms. The van der Waals surface area contributed by atoms with Gasteiger partial charge >= 0.3 is 0 Å². The lowest BCUT2D eigenvalue weighted by Crippen LogP contribution is -2.10. The number of halogens is 2. The van der Waals surface area contributed by atoms with Gasteiger partial charge < -0.3 is 25.2 Å². The number of pyridine rings is 1. The molecule has 0 radical (unpaired) electrons. The van der Waals surface area contributed by atoms with Gasteiger partial charge in [0.2, 0.25) is 11.9 Å². The van der Waals surface area contributed by atoms with Crippen LogP contribution in [0.4, 0.5) is 20.7 Å². The number of ether oxygens (including phenoxy) is 2. The second kappa shape index (κ2) is 16.9. The lowest BCUT2D eigenvalue weighted by molar-refractivity contribution is 0.277. The minimum Gasteiger partial charge on any atom is -0.493 e. The summed E-state index contributed by atoms with van der Waals surface area (Å²) in [5.41, 5.74) is 8.91. The molecule has 0 saturated carbocycles. The molecule has 0 amide bonds. The van der Waals surface area contributed by atoms with Gasteiger partial charge in [-0.05, 0) is 54.4 Å². The number of nitrogens with one attached hydrogen (secondary N) is 2. The average Bonchev–Trinajstić information content (AvgIpc) is 4.15. The van der Waals surface area contributed by atoms with Gasteiger partial charge in [0.25, 0.3) is 0 Å². The lowest BCUT2D eigenvalue weighted by atomic mass is 9.98. The van der Waals surface area contributed by atoms with Crippen LogP contribution in [0, 0.1) is 52.6 Å². The summed E-state index contributed by atoms with van der Waals surface area (Å²) in [6.45, 7) is 3.11. The highest BCUT2D eigenvalue weighted by Gasteiger charge is 2.23. The van der Waals surface area contributed by atoms with Crippen molar-refractivity contribution < 1.29 is 23.4 Å². The summed E-state index contributed by atoms with van der Waals surface area (Å²) < 4.78 is 43.4. The molecule has 0 atom stereocenters. The maximum atomic E-state index is 14.5. The number of nitrogens with zero attached hydrogens (tertiary/aromatic N) is 10. The molecular weight excluding hydrogens is 807 g/mol. The fraction of sp³-hybridized carbons (Fsp3) is 0.174. The molecule has 3 N–H and O–H groups in total. The van der Waals surface area contributed by atoms with Crippen molar-refractivity contribution in [3.8, 4) is 52.0 Å². The van der Waals surface area contributed by atoms with E-state index in [2.05, 4.69) is 47.7 Å². The number of benzene rings is 3. The third-order valence-corrected chi connectivity index (χ3v) is 11.0. The van der Waals surface area contributed by atoms with Gasteiger partial charge in [0.1, 0.15) is 35.3 Å². The number of aliphatic hydroxyl groups excluding tert-OH is 1. The van der Waals surface area contributed by atoms with Crippen molar-refractivity contribution in [2.75, 3.05) is 23.8 Å². The van der Waals surface area contributed by atoms with E-state index in [9.17, 15) is 29.7 Å². The number of anilines is 2. The van der Waals surface area contributed by atoms with Crippen molar-refractivity contribution in [2.24, 2.45) is 0 Å². The Hall–Kier alpha value is -8.46. The van der Waals surface area contributed by atoms with Crippen LogP contribution in [-0.4, -0.2) is 52.0 Å². The van der Waals surface area contributed by atoms with E-state index in [4.69, 9.17) is 9.47 Å². The Labute approximate surface area is 358 Å². The Bertz CT molecular complexity index is 3230. The molecule has 2 aliphatic heterocycles. The van der Waals surface area contributed by atoms with Gasteiger partial charge in [-0.3, -0.25) is 13.8 Å². The fourth-order valence-corrected chi connectivity index (χ4v) is 7.91. The van der Waals surface area contributed by atoms with Crippen molar-refractivity contribution >= 4 is 23.2 Å². The van der Waals surface area contributed by atoms with Gasteiger partial charge in [-0.15, -0.1) is 0 Å². The molecule has 8 aromatic rings. The molecule has 0 unspecified atom stereocenters. The van der Waals surface area contributed by atoms with Crippen LogP contribution in [0.5, 0.6) is 11.5 Å². The van der Waals surface area contributed by atoms with Gasteiger partial charge in [-0.25, -0.2) is 28.7 Å².